The van der Waals surface area contributed by atoms with Crippen molar-refractivity contribution in [1.29, 1.82) is 0 Å². The Balaban J connectivity index is 1.76. The van der Waals surface area contributed by atoms with Gasteiger partial charge in [-0.1, -0.05) is 28.4 Å². The molecule has 2 aromatic heterocycles. The third-order valence-electron chi connectivity index (χ3n) is 4.47. The number of nitrogens with zero attached hydrogens (tertiary/aromatic N) is 2. The molecule has 0 aliphatic carbocycles. The maximum atomic E-state index is 12.3. The minimum Gasteiger partial charge on any atom is -0.486 e. The zero-order valence-electron chi connectivity index (χ0n) is 16.4. The molecule has 0 spiro atoms. The van der Waals surface area contributed by atoms with Gasteiger partial charge in [-0.2, -0.15) is 0 Å². The molecule has 166 valence electrons. The Bertz CT molecular complexity index is 1040. The van der Waals surface area contributed by atoms with Crippen molar-refractivity contribution < 1.29 is 29.0 Å². The number of aromatic nitrogens is 2. The summed E-state index contributed by atoms with van der Waals surface area (Å²) >= 11 is 12.2. The molecule has 11 heteroatoms. The van der Waals surface area contributed by atoms with Gasteiger partial charge in [0.2, 0.25) is 0 Å². The Morgan fingerprint density at radius 1 is 1.26 bits per heavy atom. The fourth-order valence-electron chi connectivity index (χ4n) is 2.74. The third-order valence-corrected chi connectivity index (χ3v) is 4.99. The summed E-state index contributed by atoms with van der Waals surface area (Å²) in [6.07, 6.45) is 1.65. The van der Waals surface area contributed by atoms with E-state index in [0.717, 1.165) is 0 Å². The smallest absolute Gasteiger partial charge is 0.328 e. The van der Waals surface area contributed by atoms with Crippen molar-refractivity contribution in [2.75, 3.05) is 19.8 Å². The molecule has 31 heavy (non-hydrogen) atoms. The Morgan fingerprint density at radius 3 is 2.74 bits per heavy atom. The van der Waals surface area contributed by atoms with Gasteiger partial charge in [0, 0.05) is 37.1 Å². The van der Waals surface area contributed by atoms with E-state index in [1.165, 1.54) is 6.20 Å². The van der Waals surface area contributed by atoms with Crippen molar-refractivity contribution in [1.82, 2.24) is 10.1 Å². The zero-order chi connectivity index (χ0) is 22.4. The van der Waals surface area contributed by atoms with Crippen LogP contribution in [0, 0.1) is 0 Å². The van der Waals surface area contributed by atoms with Crippen LogP contribution in [-0.4, -0.2) is 51.7 Å². The first kappa shape index (κ1) is 23.2. The lowest BCUT2D eigenvalue weighted by molar-refractivity contribution is -0.152. The summed E-state index contributed by atoms with van der Waals surface area (Å²) in [6, 6.07) is 6.59. The van der Waals surface area contributed by atoms with Crippen LogP contribution in [0.2, 0.25) is 10.0 Å². The standard InChI is InChI=1S/C20H21Cl2N3O6/c21-12-2-3-13(24-9-12)10-30-18-7-17-14(6-15(18)22)16(25-31-17)8-20(23,11-27)19(28)29-5-1-4-26/h2-3,6-7,9,26-27H,1,4-5,8,10-11,23H2. The molecule has 0 fully saturated rings. The molecule has 0 aliphatic rings. The van der Waals surface area contributed by atoms with E-state index in [2.05, 4.69) is 10.1 Å². The molecule has 0 aliphatic heterocycles. The minimum atomic E-state index is -1.72. The number of hydrogen-bond donors (Lipinski definition) is 3. The highest BCUT2D eigenvalue weighted by molar-refractivity contribution is 6.32. The van der Waals surface area contributed by atoms with Gasteiger partial charge in [0.15, 0.2) is 5.58 Å². The van der Waals surface area contributed by atoms with Crippen LogP contribution in [0.5, 0.6) is 5.75 Å². The van der Waals surface area contributed by atoms with E-state index >= 15 is 0 Å². The summed E-state index contributed by atoms with van der Waals surface area (Å²) in [4.78, 5) is 16.4. The van der Waals surface area contributed by atoms with Crippen molar-refractivity contribution in [3.8, 4) is 5.75 Å². The topological polar surface area (TPSA) is 141 Å². The lowest BCUT2D eigenvalue weighted by atomic mass is 9.94. The van der Waals surface area contributed by atoms with E-state index in [9.17, 15) is 9.90 Å². The highest BCUT2D eigenvalue weighted by Crippen LogP contribution is 2.33. The van der Waals surface area contributed by atoms with Crippen LogP contribution in [0.15, 0.2) is 35.0 Å². The number of halogens is 2. The van der Waals surface area contributed by atoms with Gasteiger partial charge in [0.05, 0.1) is 34.6 Å². The average molecular weight is 470 g/mol. The molecular weight excluding hydrogens is 449 g/mol. The number of aliphatic hydroxyl groups excluding tert-OH is 2. The summed E-state index contributed by atoms with van der Waals surface area (Å²) in [5.74, 6) is -0.445. The summed E-state index contributed by atoms with van der Waals surface area (Å²) in [5, 5.41) is 23.8. The average Bonchev–Trinajstić information content (AvgIpc) is 3.14. The maximum absolute atomic E-state index is 12.3. The Kier molecular flexibility index (Phi) is 7.69. The van der Waals surface area contributed by atoms with Crippen LogP contribution < -0.4 is 10.5 Å². The monoisotopic (exact) mass is 469 g/mol. The molecule has 0 radical (unpaired) electrons. The van der Waals surface area contributed by atoms with Gasteiger partial charge in [-0.3, -0.25) is 4.98 Å². The fourth-order valence-corrected chi connectivity index (χ4v) is 3.07. The van der Waals surface area contributed by atoms with Crippen molar-refractivity contribution in [2.24, 2.45) is 5.73 Å². The molecule has 0 bridgehead atoms. The number of pyridine rings is 1. The van der Waals surface area contributed by atoms with E-state index in [4.69, 9.17) is 48.0 Å². The Labute approximate surface area is 187 Å². The number of carbonyl (C=O) groups excluding carboxylic acids is 1. The summed E-state index contributed by atoms with van der Waals surface area (Å²) in [7, 11) is 0. The van der Waals surface area contributed by atoms with Gasteiger partial charge in [-0.25, -0.2) is 4.79 Å². The van der Waals surface area contributed by atoms with Crippen molar-refractivity contribution >= 4 is 40.1 Å². The molecule has 1 aromatic carbocycles. The molecule has 2 heterocycles. The molecule has 4 N–H and O–H groups in total. The number of hydrogen-bond acceptors (Lipinski definition) is 9. The molecule has 3 rings (SSSR count). The number of rotatable bonds is 10. The summed E-state index contributed by atoms with van der Waals surface area (Å²) in [6.45, 7) is -0.639. The SMILES string of the molecule is NC(CO)(Cc1noc2cc(OCc3ccc(Cl)cn3)c(Cl)cc12)C(=O)OCCCO. The van der Waals surface area contributed by atoms with Crippen LogP contribution >= 0.6 is 23.2 Å². The van der Waals surface area contributed by atoms with Crippen LogP contribution in [0.25, 0.3) is 11.0 Å². The zero-order valence-corrected chi connectivity index (χ0v) is 17.9. The van der Waals surface area contributed by atoms with Crippen LogP contribution in [0.1, 0.15) is 17.8 Å². The van der Waals surface area contributed by atoms with E-state index in [0.29, 0.717) is 38.2 Å². The van der Waals surface area contributed by atoms with Gasteiger partial charge in [0.1, 0.15) is 17.9 Å². The van der Waals surface area contributed by atoms with E-state index in [1.54, 1.807) is 24.3 Å². The number of carbonyl (C=O) groups is 1. The summed E-state index contributed by atoms with van der Waals surface area (Å²) < 4.78 is 16.1. The second-order valence-corrected chi connectivity index (χ2v) is 7.71. The van der Waals surface area contributed by atoms with Gasteiger partial charge < -0.3 is 29.9 Å². The third kappa shape index (κ3) is 5.63. The number of fused-ring (bicyclic) bond motifs is 1. The van der Waals surface area contributed by atoms with Gasteiger partial charge in [-0.15, -0.1) is 0 Å². The minimum absolute atomic E-state index is 0.0111. The van der Waals surface area contributed by atoms with Crippen molar-refractivity contribution in [3.63, 3.8) is 0 Å². The molecule has 0 amide bonds. The van der Waals surface area contributed by atoms with E-state index in [1.807, 2.05) is 0 Å². The van der Waals surface area contributed by atoms with Crippen molar-refractivity contribution in [3.05, 3.63) is 51.9 Å². The Morgan fingerprint density at radius 2 is 2.06 bits per heavy atom. The van der Waals surface area contributed by atoms with E-state index < -0.39 is 18.1 Å². The second-order valence-electron chi connectivity index (χ2n) is 6.87. The van der Waals surface area contributed by atoms with Gasteiger partial charge in [0.25, 0.3) is 0 Å². The van der Waals surface area contributed by atoms with Gasteiger partial charge >= 0.3 is 5.97 Å². The lowest BCUT2D eigenvalue weighted by Crippen LogP contribution is -2.54. The normalized spacial score (nSPS) is 13.2. The second kappa shape index (κ2) is 10.3. The number of aliphatic hydroxyl groups is 2. The highest BCUT2D eigenvalue weighted by atomic mass is 35.5. The molecule has 1 atom stereocenters. The first-order valence-corrected chi connectivity index (χ1v) is 10.1. The van der Waals surface area contributed by atoms with Crippen LogP contribution in [-0.2, 0) is 22.6 Å². The van der Waals surface area contributed by atoms with Crippen molar-refractivity contribution in [2.45, 2.75) is 25.0 Å². The first-order valence-electron chi connectivity index (χ1n) is 9.35. The molecular formula is C20H21Cl2N3O6. The quantitative estimate of drug-likeness (QED) is 0.301. The molecule has 1 unspecified atom stereocenters. The van der Waals surface area contributed by atoms with Gasteiger partial charge in [-0.05, 0) is 18.2 Å². The molecule has 3 aromatic rings. The number of nitrogens with two attached hydrogens (primary N) is 1. The maximum Gasteiger partial charge on any atom is 0.328 e. The number of esters is 1. The van der Waals surface area contributed by atoms with Crippen LogP contribution in [0.4, 0.5) is 0 Å². The van der Waals surface area contributed by atoms with E-state index in [-0.39, 0.29) is 32.7 Å². The highest BCUT2D eigenvalue weighted by Gasteiger charge is 2.37. The summed E-state index contributed by atoms with van der Waals surface area (Å²) in [5.41, 5.74) is 5.69. The van der Waals surface area contributed by atoms with Crippen LogP contribution in [0.3, 0.4) is 0 Å². The molecule has 9 nitrogen and oxygen atoms in total. The molecule has 0 saturated carbocycles. The Hall–Kier alpha value is -2.43. The number of ether oxygens (including phenoxy) is 2. The lowest BCUT2D eigenvalue weighted by Gasteiger charge is -2.24. The fraction of sp³-hybridized carbons (Fsp3) is 0.350. The predicted molar refractivity (Wildman–Crippen MR) is 113 cm³/mol. The molecule has 0 saturated heterocycles. The first-order chi connectivity index (χ1) is 14.9. The number of benzene rings is 1. The predicted octanol–water partition coefficient (Wildman–Crippen LogP) is 2.27. The largest absolute Gasteiger partial charge is 0.486 e.